The summed E-state index contributed by atoms with van der Waals surface area (Å²) in [5.41, 5.74) is 1.01. The van der Waals surface area contributed by atoms with Crippen LogP contribution in [0.15, 0.2) is 53.9 Å². The first-order valence-corrected chi connectivity index (χ1v) is 10.5. The van der Waals surface area contributed by atoms with Gasteiger partial charge < -0.3 is 4.57 Å². The molecule has 146 valence electrons. The smallest absolute Gasteiger partial charge is 0.243 e. The van der Waals surface area contributed by atoms with Crippen LogP contribution >= 0.6 is 11.6 Å². The van der Waals surface area contributed by atoms with Crippen LogP contribution in [-0.2, 0) is 16.6 Å². The third-order valence-corrected chi connectivity index (χ3v) is 6.94. The van der Waals surface area contributed by atoms with Gasteiger partial charge in [-0.1, -0.05) is 11.6 Å². The Morgan fingerprint density at radius 1 is 1.21 bits per heavy atom. The quantitative estimate of drug-likeness (QED) is 0.632. The highest BCUT2D eigenvalue weighted by Crippen LogP contribution is 2.36. The normalized spacial score (nSPS) is 17.9. The zero-order chi connectivity index (χ0) is 19.7. The minimum absolute atomic E-state index is 0.0361. The standard InChI is InChI=1S/C18H17ClFN5O2S/c19-15-10-14(3-4-16(15)20)28(26,27)25-9-1-2-17(25)18-23-22-12-24(18)11-13-5-7-21-8-6-13/h3-8,10,12,17H,1-2,9,11H2. The fraction of sp³-hybridized carbons (Fsp3) is 0.278. The maximum Gasteiger partial charge on any atom is 0.243 e. The van der Waals surface area contributed by atoms with E-state index in [1.54, 1.807) is 18.7 Å². The van der Waals surface area contributed by atoms with Gasteiger partial charge in [-0.3, -0.25) is 4.98 Å². The lowest BCUT2D eigenvalue weighted by Gasteiger charge is -2.24. The fourth-order valence-electron chi connectivity index (χ4n) is 3.39. The first kappa shape index (κ1) is 19.0. The topological polar surface area (TPSA) is 81.0 Å². The van der Waals surface area contributed by atoms with Gasteiger partial charge in [0.15, 0.2) is 5.82 Å². The summed E-state index contributed by atoms with van der Waals surface area (Å²) in [6, 6.07) is 6.75. The summed E-state index contributed by atoms with van der Waals surface area (Å²) in [4.78, 5) is 3.96. The summed E-state index contributed by atoms with van der Waals surface area (Å²) >= 11 is 5.79. The van der Waals surface area contributed by atoms with E-state index in [1.807, 2.05) is 16.7 Å². The Kier molecular flexibility index (Phi) is 5.13. The average Bonchev–Trinajstić information content (AvgIpc) is 3.34. The van der Waals surface area contributed by atoms with Gasteiger partial charge in [-0.05, 0) is 48.7 Å². The van der Waals surface area contributed by atoms with Crippen LogP contribution in [0.5, 0.6) is 0 Å². The van der Waals surface area contributed by atoms with Crippen molar-refractivity contribution in [2.24, 2.45) is 0 Å². The van der Waals surface area contributed by atoms with Crippen molar-refractivity contribution in [3.63, 3.8) is 0 Å². The highest BCUT2D eigenvalue weighted by atomic mass is 35.5. The number of hydrogen-bond donors (Lipinski definition) is 0. The van der Waals surface area contributed by atoms with Crippen LogP contribution in [0.3, 0.4) is 0 Å². The molecule has 0 spiro atoms. The molecule has 0 amide bonds. The second-order valence-corrected chi connectivity index (χ2v) is 8.82. The van der Waals surface area contributed by atoms with Crippen molar-refractivity contribution in [1.82, 2.24) is 24.1 Å². The molecule has 0 N–H and O–H groups in total. The van der Waals surface area contributed by atoms with Gasteiger partial charge in [0, 0.05) is 18.9 Å². The molecule has 0 saturated carbocycles. The molecule has 1 saturated heterocycles. The first-order chi connectivity index (χ1) is 13.5. The van der Waals surface area contributed by atoms with E-state index in [1.165, 1.54) is 10.4 Å². The fourth-order valence-corrected chi connectivity index (χ4v) is 5.31. The zero-order valence-corrected chi connectivity index (χ0v) is 16.3. The molecular weight excluding hydrogens is 405 g/mol. The van der Waals surface area contributed by atoms with Crippen LogP contribution in [0, 0.1) is 5.82 Å². The maximum atomic E-state index is 13.5. The van der Waals surface area contributed by atoms with E-state index in [4.69, 9.17) is 11.6 Å². The van der Waals surface area contributed by atoms with Gasteiger partial charge in [0.1, 0.15) is 12.1 Å². The summed E-state index contributed by atoms with van der Waals surface area (Å²) in [5, 5.41) is 7.95. The summed E-state index contributed by atoms with van der Waals surface area (Å²) in [7, 11) is -3.85. The lowest BCUT2D eigenvalue weighted by atomic mass is 10.2. The molecule has 0 radical (unpaired) electrons. The number of pyridine rings is 1. The summed E-state index contributed by atoms with van der Waals surface area (Å²) < 4.78 is 43.0. The molecule has 0 bridgehead atoms. The Morgan fingerprint density at radius 3 is 2.75 bits per heavy atom. The molecular formula is C18H17ClFN5O2S. The Labute approximate surface area is 166 Å². The predicted octanol–water partition coefficient (Wildman–Crippen LogP) is 3.04. The van der Waals surface area contributed by atoms with Crippen molar-refractivity contribution >= 4 is 21.6 Å². The van der Waals surface area contributed by atoms with Gasteiger partial charge in [-0.15, -0.1) is 10.2 Å². The maximum absolute atomic E-state index is 13.5. The molecule has 3 heterocycles. The van der Waals surface area contributed by atoms with Crippen molar-refractivity contribution in [3.8, 4) is 0 Å². The second kappa shape index (κ2) is 7.57. The van der Waals surface area contributed by atoms with E-state index < -0.39 is 21.9 Å². The molecule has 1 aromatic carbocycles. The Hall–Kier alpha value is -2.36. The van der Waals surface area contributed by atoms with Crippen LogP contribution in [-0.4, -0.2) is 39.0 Å². The van der Waals surface area contributed by atoms with Crippen molar-refractivity contribution in [3.05, 3.63) is 71.3 Å². The van der Waals surface area contributed by atoms with Gasteiger partial charge in [0.2, 0.25) is 10.0 Å². The summed E-state index contributed by atoms with van der Waals surface area (Å²) in [6.45, 7) is 0.863. The van der Waals surface area contributed by atoms with E-state index in [0.717, 1.165) is 17.7 Å². The number of sulfonamides is 1. The largest absolute Gasteiger partial charge is 0.312 e. The molecule has 1 aliphatic heterocycles. The lowest BCUT2D eigenvalue weighted by molar-refractivity contribution is 0.374. The molecule has 10 heteroatoms. The SMILES string of the molecule is O=S(=O)(c1ccc(F)c(Cl)c1)N1CCCC1c1nncn1Cc1ccncc1. The van der Waals surface area contributed by atoms with E-state index in [2.05, 4.69) is 15.2 Å². The number of rotatable bonds is 5. The summed E-state index contributed by atoms with van der Waals surface area (Å²) in [5.74, 6) is -0.0817. The van der Waals surface area contributed by atoms with Crippen molar-refractivity contribution < 1.29 is 12.8 Å². The Bertz CT molecular complexity index is 1090. The lowest BCUT2D eigenvalue weighted by Crippen LogP contribution is -2.32. The molecule has 1 fully saturated rings. The first-order valence-electron chi connectivity index (χ1n) is 8.70. The molecule has 2 aromatic heterocycles. The minimum Gasteiger partial charge on any atom is -0.312 e. The number of hydrogen-bond acceptors (Lipinski definition) is 5. The molecule has 1 atom stereocenters. The van der Waals surface area contributed by atoms with Crippen LogP contribution < -0.4 is 0 Å². The Balaban J connectivity index is 1.66. The number of aromatic nitrogens is 4. The van der Waals surface area contributed by atoms with Crippen LogP contribution in [0.4, 0.5) is 4.39 Å². The van der Waals surface area contributed by atoms with Crippen molar-refractivity contribution in [2.45, 2.75) is 30.3 Å². The van der Waals surface area contributed by atoms with Gasteiger partial charge in [-0.25, -0.2) is 12.8 Å². The molecule has 28 heavy (non-hydrogen) atoms. The number of nitrogens with zero attached hydrogens (tertiary/aromatic N) is 5. The number of benzene rings is 1. The highest BCUT2D eigenvalue weighted by molar-refractivity contribution is 7.89. The predicted molar refractivity (Wildman–Crippen MR) is 101 cm³/mol. The van der Waals surface area contributed by atoms with Crippen LogP contribution in [0.1, 0.15) is 30.3 Å². The monoisotopic (exact) mass is 421 g/mol. The van der Waals surface area contributed by atoms with E-state index in [9.17, 15) is 12.8 Å². The van der Waals surface area contributed by atoms with Crippen molar-refractivity contribution in [1.29, 1.82) is 0 Å². The zero-order valence-electron chi connectivity index (χ0n) is 14.7. The van der Waals surface area contributed by atoms with E-state index in [0.29, 0.717) is 31.8 Å². The summed E-state index contributed by atoms with van der Waals surface area (Å²) in [6.07, 6.45) is 6.31. The molecule has 1 aliphatic rings. The van der Waals surface area contributed by atoms with Gasteiger partial charge in [0.05, 0.1) is 22.5 Å². The van der Waals surface area contributed by atoms with Crippen LogP contribution in [0.25, 0.3) is 0 Å². The third kappa shape index (κ3) is 3.52. The number of halogens is 2. The third-order valence-electron chi connectivity index (χ3n) is 4.75. The van der Waals surface area contributed by atoms with Gasteiger partial charge in [0.25, 0.3) is 0 Å². The minimum atomic E-state index is -3.85. The van der Waals surface area contributed by atoms with Gasteiger partial charge >= 0.3 is 0 Å². The second-order valence-electron chi connectivity index (χ2n) is 6.52. The average molecular weight is 422 g/mol. The molecule has 1 unspecified atom stereocenters. The van der Waals surface area contributed by atoms with E-state index >= 15 is 0 Å². The highest BCUT2D eigenvalue weighted by Gasteiger charge is 2.39. The van der Waals surface area contributed by atoms with Crippen LogP contribution in [0.2, 0.25) is 5.02 Å². The van der Waals surface area contributed by atoms with Gasteiger partial charge in [-0.2, -0.15) is 4.31 Å². The molecule has 0 aliphatic carbocycles. The molecule has 7 nitrogen and oxygen atoms in total. The molecule has 4 rings (SSSR count). The van der Waals surface area contributed by atoms with E-state index in [-0.39, 0.29) is 9.92 Å². The molecule has 3 aromatic rings. The van der Waals surface area contributed by atoms with Crippen molar-refractivity contribution in [2.75, 3.05) is 6.54 Å². The Morgan fingerprint density at radius 2 is 2.00 bits per heavy atom.